The third kappa shape index (κ3) is 2.82. The van der Waals surface area contributed by atoms with Crippen molar-refractivity contribution in [2.24, 2.45) is 5.41 Å². The summed E-state index contributed by atoms with van der Waals surface area (Å²) in [5.74, 6) is -0.894. The molecule has 23 heavy (non-hydrogen) atoms. The largest absolute Gasteiger partial charge is 0.481 e. The Morgan fingerprint density at radius 2 is 2.30 bits per heavy atom. The number of fused-ring (bicyclic) bond motifs is 1. The Bertz CT molecular complexity index is 701. The minimum absolute atomic E-state index is 0.341. The number of aliphatic hydroxyl groups is 1. The number of hydrogen-bond acceptors (Lipinski definition) is 6. The van der Waals surface area contributed by atoms with E-state index in [1.54, 1.807) is 0 Å². The molecular formula is C16H21N3O4. The zero-order chi connectivity index (χ0) is 16.4. The summed E-state index contributed by atoms with van der Waals surface area (Å²) in [5, 5.41) is 27.8. The van der Waals surface area contributed by atoms with E-state index in [0.717, 1.165) is 12.0 Å². The van der Waals surface area contributed by atoms with Crippen LogP contribution in [-0.4, -0.2) is 50.6 Å². The highest BCUT2D eigenvalue weighted by molar-refractivity contribution is 5.77. The molecule has 1 aromatic heterocycles. The molecule has 2 heterocycles. The fourth-order valence-electron chi connectivity index (χ4n) is 3.50. The maximum atomic E-state index is 11.7. The summed E-state index contributed by atoms with van der Waals surface area (Å²) >= 11 is 0. The van der Waals surface area contributed by atoms with Crippen LogP contribution in [0.5, 0.6) is 0 Å². The van der Waals surface area contributed by atoms with Crippen molar-refractivity contribution in [3.05, 3.63) is 23.8 Å². The second-order valence-electron chi connectivity index (χ2n) is 6.26. The van der Waals surface area contributed by atoms with Gasteiger partial charge < -0.3 is 10.2 Å². The molecular weight excluding hydrogens is 298 g/mol. The Hall–Kier alpha value is -1.99. The predicted molar refractivity (Wildman–Crippen MR) is 82.7 cm³/mol. The third-order valence-electron chi connectivity index (χ3n) is 4.83. The summed E-state index contributed by atoms with van der Waals surface area (Å²) < 4.78 is 4.77. The molecule has 7 heteroatoms. The van der Waals surface area contributed by atoms with Gasteiger partial charge in [0, 0.05) is 13.1 Å². The van der Waals surface area contributed by atoms with Crippen LogP contribution in [0, 0.1) is 5.41 Å². The molecule has 0 aliphatic carbocycles. The number of aliphatic carboxylic acids is 1. The number of nitrogens with zero attached hydrogens (tertiary/aromatic N) is 3. The fraction of sp³-hybridized carbons (Fsp3) is 0.562. The van der Waals surface area contributed by atoms with Crippen LogP contribution in [0.1, 0.15) is 31.7 Å². The molecule has 1 fully saturated rings. The van der Waals surface area contributed by atoms with Gasteiger partial charge in [0.1, 0.15) is 11.0 Å². The molecule has 2 aromatic rings. The Labute approximate surface area is 133 Å². The summed E-state index contributed by atoms with van der Waals surface area (Å²) in [5.41, 5.74) is 1.36. The summed E-state index contributed by atoms with van der Waals surface area (Å²) in [4.78, 5) is 13.7. The van der Waals surface area contributed by atoms with Crippen molar-refractivity contribution < 1.29 is 19.6 Å². The smallest absolute Gasteiger partial charge is 0.312 e. The lowest BCUT2D eigenvalue weighted by Crippen LogP contribution is -2.54. The van der Waals surface area contributed by atoms with Gasteiger partial charge in [-0.25, -0.2) is 4.63 Å². The molecule has 3 rings (SSSR count). The van der Waals surface area contributed by atoms with Gasteiger partial charge in [-0.2, -0.15) is 0 Å². The van der Waals surface area contributed by atoms with E-state index >= 15 is 0 Å². The van der Waals surface area contributed by atoms with Gasteiger partial charge in [0.05, 0.1) is 11.5 Å². The van der Waals surface area contributed by atoms with Crippen LogP contribution in [0.25, 0.3) is 11.0 Å². The maximum Gasteiger partial charge on any atom is 0.312 e. The molecule has 0 radical (unpaired) electrons. The van der Waals surface area contributed by atoms with E-state index in [9.17, 15) is 15.0 Å². The minimum Gasteiger partial charge on any atom is -0.481 e. The SMILES string of the molecule is CCC[C@]1(C(=O)O)CCN(Cc2cccc3nonc23)C[C@@H]1O. The molecule has 2 atom stereocenters. The lowest BCUT2D eigenvalue weighted by Gasteiger charge is -2.42. The number of aromatic nitrogens is 2. The lowest BCUT2D eigenvalue weighted by atomic mass is 9.73. The van der Waals surface area contributed by atoms with E-state index in [1.165, 1.54) is 0 Å². The first kappa shape index (κ1) is 15.9. The molecule has 124 valence electrons. The zero-order valence-corrected chi connectivity index (χ0v) is 13.1. The summed E-state index contributed by atoms with van der Waals surface area (Å²) in [7, 11) is 0. The molecule has 0 spiro atoms. The second-order valence-corrected chi connectivity index (χ2v) is 6.26. The van der Waals surface area contributed by atoms with Gasteiger partial charge >= 0.3 is 5.97 Å². The molecule has 1 aliphatic heterocycles. The minimum atomic E-state index is -1.02. The molecule has 1 saturated heterocycles. The predicted octanol–water partition coefficient (Wildman–Crippen LogP) is 1.66. The van der Waals surface area contributed by atoms with E-state index in [4.69, 9.17) is 4.63 Å². The Kier molecular flexibility index (Phi) is 4.32. The number of carboxylic acids is 1. The third-order valence-corrected chi connectivity index (χ3v) is 4.83. The van der Waals surface area contributed by atoms with Crippen molar-refractivity contribution >= 4 is 17.0 Å². The van der Waals surface area contributed by atoms with Gasteiger partial charge in [-0.05, 0) is 41.3 Å². The Balaban J connectivity index is 1.75. The van der Waals surface area contributed by atoms with Crippen molar-refractivity contribution in [3.63, 3.8) is 0 Å². The van der Waals surface area contributed by atoms with Gasteiger partial charge in [-0.15, -0.1) is 0 Å². The first-order valence-corrected chi connectivity index (χ1v) is 7.91. The number of piperidine rings is 1. The van der Waals surface area contributed by atoms with Gasteiger partial charge in [0.2, 0.25) is 0 Å². The van der Waals surface area contributed by atoms with Gasteiger partial charge in [-0.1, -0.05) is 25.5 Å². The summed E-state index contributed by atoms with van der Waals surface area (Å²) in [6.45, 7) is 3.51. The molecule has 2 N–H and O–H groups in total. The number of benzene rings is 1. The highest BCUT2D eigenvalue weighted by Crippen LogP contribution is 2.37. The van der Waals surface area contributed by atoms with Crippen LogP contribution in [0.15, 0.2) is 22.8 Å². The normalized spacial score (nSPS) is 25.7. The fourth-order valence-corrected chi connectivity index (χ4v) is 3.50. The highest BCUT2D eigenvalue weighted by Gasteiger charge is 2.47. The number of hydrogen-bond donors (Lipinski definition) is 2. The van der Waals surface area contributed by atoms with Crippen molar-refractivity contribution in [1.82, 2.24) is 15.2 Å². The van der Waals surface area contributed by atoms with Crippen molar-refractivity contribution in [3.8, 4) is 0 Å². The number of carbonyl (C=O) groups is 1. The van der Waals surface area contributed by atoms with Crippen LogP contribution in [0.2, 0.25) is 0 Å². The standard InChI is InChI=1S/C16H21N3O4/c1-2-6-16(15(21)22)7-8-19(10-13(16)20)9-11-4-3-5-12-14(11)18-23-17-12/h3-5,13,20H,2,6-10H2,1H3,(H,21,22)/t13-,16-/m0/s1. The molecule has 7 nitrogen and oxygen atoms in total. The Morgan fingerprint density at radius 1 is 1.48 bits per heavy atom. The van der Waals surface area contributed by atoms with Crippen molar-refractivity contribution in [2.45, 2.75) is 38.8 Å². The molecule has 1 aromatic carbocycles. The average Bonchev–Trinajstić information content (AvgIpc) is 2.99. The van der Waals surface area contributed by atoms with E-state index in [1.807, 2.05) is 25.1 Å². The first-order chi connectivity index (χ1) is 11.1. The first-order valence-electron chi connectivity index (χ1n) is 7.91. The van der Waals surface area contributed by atoms with E-state index in [-0.39, 0.29) is 0 Å². The number of aliphatic hydroxyl groups excluding tert-OH is 1. The topological polar surface area (TPSA) is 99.7 Å². The second kappa shape index (κ2) is 6.25. The highest BCUT2D eigenvalue weighted by atomic mass is 16.6. The van der Waals surface area contributed by atoms with Crippen LogP contribution in [-0.2, 0) is 11.3 Å². The lowest BCUT2D eigenvalue weighted by molar-refractivity contribution is -0.164. The summed E-state index contributed by atoms with van der Waals surface area (Å²) in [6.07, 6.45) is 0.820. The summed E-state index contributed by atoms with van der Waals surface area (Å²) in [6, 6.07) is 5.67. The Morgan fingerprint density at radius 3 is 3.00 bits per heavy atom. The van der Waals surface area contributed by atoms with Crippen LogP contribution < -0.4 is 0 Å². The van der Waals surface area contributed by atoms with Crippen LogP contribution in [0.3, 0.4) is 0 Å². The maximum absolute atomic E-state index is 11.7. The van der Waals surface area contributed by atoms with Crippen molar-refractivity contribution in [2.75, 3.05) is 13.1 Å². The van der Waals surface area contributed by atoms with Gasteiger partial charge in [0.15, 0.2) is 0 Å². The van der Waals surface area contributed by atoms with Gasteiger partial charge in [-0.3, -0.25) is 9.69 Å². The molecule has 0 saturated carbocycles. The van der Waals surface area contributed by atoms with E-state index < -0.39 is 17.5 Å². The van der Waals surface area contributed by atoms with Gasteiger partial charge in [0.25, 0.3) is 0 Å². The van der Waals surface area contributed by atoms with E-state index in [0.29, 0.717) is 43.5 Å². The molecule has 0 amide bonds. The monoisotopic (exact) mass is 319 g/mol. The van der Waals surface area contributed by atoms with Crippen LogP contribution >= 0.6 is 0 Å². The molecule has 0 bridgehead atoms. The molecule has 1 aliphatic rings. The molecule has 0 unspecified atom stereocenters. The average molecular weight is 319 g/mol. The quantitative estimate of drug-likeness (QED) is 0.864. The number of rotatable bonds is 5. The van der Waals surface area contributed by atoms with E-state index in [2.05, 4.69) is 15.2 Å². The zero-order valence-electron chi connectivity index (χ0n) is 13.1. The number of β-amino-alcohol motifs (C(OH)–C–C–N with tert-alkyl or cyclic N) is 1. The van der Waals surface area contributed by atoms with Crippen molar-refractivity contribution in [1.29, 1.82) is 0 Å². The number of carboxylic acid groups (broad SMARTS) is 1. The number of likely N-dealkylation sites (tertiary alicyclic amines) is 1. The van der Waals surface area contributed by atoms with Crippen LogP contribution in [0.4, 0.5) is 0 Å².